The van der Waals surface area contributed by atoms with Crippen molar-refractivity contribution < 1.29 is 4.74 Å². The summed E-state index contributed by atoms with van der Waals surface area (Å²) in [5, 5.41) is 4.22. The Labute approximate surface area is 89.5 Å². The van der Waals surface area contributed by atoms with Gasteiger partial charge >= 0.3 is 0 Å². The fourth-order valence-corrected chi connectivity index (χ4v) is 2.35. The molecule has 0 bridgehead atoms. The Hall–Kier alpha value is -0.450. The zero-order chi connectivity index (χ0) is 10.6. The zero-order valence-electron chi connectivity index (χ0n) is 9.26. The third-order valence-electron chi connectivity index (χ3n) is 2.01. The van der Waals surface area contributed by atoms with Gasteiger partial charge in [0.1, 0.15) is 11.1 Å². The maximum atomic E-state index is 5.50. The first-order valence-electron chi connectivity index (χ1n) is 4.91. The normalized spacial score (nSPS) is 13.1. The van der Waals surface area contributed by atoms with Gasteiger partial charge in [-0.15, -0.1) is 11.3 Å². The molecule has 0 fully saturated rings. The van der Waals surface area contributed by atoms with E-state index in [-0.39, 0.29) is 6.10 Å². The Morgan fingerprint density at radius 3 is 2.86 bits per heavy atom. The Morgan fingerprint density at radius 1 is 1.57 bits per heavy atom. The lowest BCUT2D eigenvalue weighted by Crippen LogP contribution is -2.04. The van der Waals surface area contributed by atoms with Gasteiger partial charge in [-0.1, -0.05) is 0 Å². The third-order valence-corrected chi connectivity index (χ3v) is 3.33. The lowest BCUT2D eigenvalue weighted by molar-refractivity contribution is 0.0761. The monoisotopic (exact) mass is 214 g/mol. The van der Waals surface area contributed by atoms with Crippen molar-refractivity contribution >= 4 is 11.3 Å². The van der Waals surface area contributed by atoms with Crippen molar-refractivity contribution in [2.45, 2.75) is 33.4 Å². The zero-order valence-corrected chi connectivity index (χ0v) is 10.1. The average molecular weight is 214 g/mol. The Kier molecular flexibility index (Phi) is 4.51. The van der Waals surface area contributed by atoms with Crippen molar-refractivity contribution in [3.63, 3.8) is 0 Å². The van der Waals surface area contributed by atoms with Crippen LogP contribution in [-0.2, 0) is 11.3 Å². The lowest BCUT2D eigenvalue weighted by Gasteiger charge is -2.06. The molecular weight excluding hydrogens is 196 g/mol. The van der Waals surface area contributed by atoms with Crippen LogP contribution in [0.25, 0.3) is 0 Å². The van der Waals surface area contributed by atoms with E-state index in [2.05, 4.69) is 10.3 Å². The minimum atomic E-state index is 0.120. The molecule has 3 nitrogen and oxygen atoms in total. The molecular formula is C10H18N2OS. The van der Waals surface area contributed by atoms with Gasteiger partial charge in [0.2, 0.25) is 0 Å². The Morgan fingerprint density at radius 2 is 2.29 bits per heavy atom. The molecule has 0 aliphatic carbocycles. The van der Waals surface area contributed by atoms with E-state index in [0.717, 1.165) is 23.9 Å². The van der Waals surface area contributed by atoms with Crippen LogP contribution in [0.5, 0.6) is 0 Å². The maximum Gasteiger partial charge on any atom is 0.122 e. The van der Waals surface area contributed by atoms with Gasteiger partial charge in [-0.05, 0) is 27.8 Å². The van der Waals surface area contributed by atoms with Crippen LogP contribution < -0.4 is 5.32 Å². The molecule has 80 valence electrons. The van der Waals surface area contributed by atoms with Crippen molar-refractivity contribution in [3.8, 4) is 0 Å². The highest BCUT2D eigenvalue weighted by atomic mass is 32.1. The molecule has 1 atom stereocenters. The van der Waals surface area contributed by atoms with Gasteiger partial charge in [-0.25, -0.2) is 4.98 Å². The molecule has 0 aliphatic rings. The Balaban J connectivity index is 2.74. The molecule has 1 unspecified atom stereocenters. The third kappa shape index (κ3) is 2.77. The Bertz CT molecular complexity index is 286. The number of ether oxygens (including phenoxy) is 1. The second-order valence-electron chi connectivity index (χ2n) is 3.19. The van der Waals surface area contributed by atoms with Gasteiger partial charge in [0, 0.05) is 18.0 Å². The summed E-state index contributed by atoms with van der Waals surface area (Å²) in [4.78, 5) is 5.80. The molecule has 4 heteroatoms. The topological polar surface area (TPSA) is 34.1 Å². The van der Waals surface area contributed by atoms with Gasteiger partial charge in [0.25, 0.3) is 0 Å². The fourth-order valence-electron chi connectivity index (χ4n) is 1.27. The van der Waals surface area contributed by atoms with Crippen molar-refractivity contribution in [2.24, 2.45) is 0 Å². The number of nitrogens with zero attached hydrogens (tertiary/aromatic N) is 1. The van der Waals surface area contributed by atoms with E-state index in [1.165, 1.54) is 4.88 Å². The summed E-state index contributed by atoms with van der Waals surface area (Å²) in [7, 11) is 1.95. The summed E-state index contributed by atoms with van der Waals surface area (Å²) >= 11 is 1.73. The van der Waals surface area contributed by atoms with Crippen LogP contribution in [0.1, 0.15) is 35.5 Å². The van der Waals surface area contributed by atoms with E-state index < -0.39 is 0 Å². The number of aryl methyl sites for hydroxylation is 1. The summed E-state index contributed by atoms with van der Waals surface area (Å²) in [6.07, 6.45) is 0.120. The van der Waals surface area contributed by atoms with E-state index >= 15 is 0 Å². The first kappa shape index (κ1) is 11.6. The van der Waals surface area contributed by atoms with Crippen molar-refractivity contribution in [2.75, 3.05) is 13.7 Å². The molecule has 0 saturated carbocycles. The van der Waals surface area contributed by atoms with Crippen LogP contribution in [0.2, 0.25) is 0 Å². The van der Waals surface area contributed by atoms with Crippen LogP contribution in [0.3, 0.4) is 0 Å². The number of thiazole rings is 1. The second kappa shape index (κ2) is 5.44. The maximum absolute atomic E-state index is 5.50. The number of aromatic nitrogens is 1. The highest BCUT2D eigenvalue weighted by Gasteiger charge is 2.12. The molecule has 0 aliphatic heterocycles. The molecule has 0 amide bonds. The van der Waals surface area contributed by atoms with Crippen molar-refractivity contribution in [3.05, 3.63) is 15.6 Å². The highest BCUT2D eigenvalue weighted by molar-refractivity contribution is 7.11. The SMILES string of the molecule is CCOC(C)c1nc(C)c(CNC)s1. The number of nitrogens with one attached hydrogen (secondary N) is 1. The molecule has 14 heavy (non-hydrogen) atoms. The predicted octanol–water partition coefficient (Wildman–Crippen LogP) is 2.27. The quantitative estimate of drug-likeness (QED) is 0.816. The molecule has 0 spiro atoms. The predicted molar refractivity (Wildman–Crippen MR) is 59.7 cm³/mol. The highest BCUT2D eigenvalue weighted by Crippen LogP contribution is 2.25. The molecule has 1 rings (SSSR count). The standard InChI is InChI=1S/C10H18N2OS/c1-5-13-8(3)10-12-7(2)9(14-10)6-11-4/h8,11H,5-6H2,1-4H3. The van der Waals surface area contributed by atoms with Crippen molar-refractivity contribution in [1.82, 2.24) is 10.3 Å². The van der Waals surface area contributed by atoms with E-state index in [1.807, 2.05) is 27.8 Å². The smallest absolute Gasteiger partial charge is 0.122 e. The van der Waals surface area contributed by atoms with Gasteiger partial charge in [0.15, 0.2) is 0 Å². The van der Waals surface area contributed by atoms with E-state index in [0.29, 0.717) is 0 Å². The number of rotatable bonds is 5. The van der Waals surface area contributed by atoms with Gasteiger partial charge in [0.05, 0.1) is 5.69 Å². The van der Waals surface area contributed by atoms with Crippen molar-refractivity contribution in [1.29, 1.82) is 0 Å². The van der Waals surface area contributed by atoms with Crippen LogP contribution in [-0.4, -0.2) is 18.6 Å². The summed E-state index contributed by atoms with van der Waals surface area (Å²) in [6.45, 7) is 7.73. The van der Waals surface area contributed by atoms with Gasteiger partial charge < -0.3 is 10.1 Å². The van der Waals surface area contributed by atoms with E-state index in [9.17, 15) is 0 Å². The first-order chi connectivity index (χ1) is 6.69. The molecule has 0 saturated heterocycles. The van der Waals surface area contributed by atoms with Crippen LogP contribution in [0, 0.1) is 6.92 Å². The summed E-state index contributed by atoms with van der Waals surface area (Å²) < 4.78 is 5.50. The first-order valence-corrected chi connectivity index (χ1v) is 5.73. The summed E-state index contributed by atoms with van der Waals surface area (Å²) in [6, 6.07) is 0. The van der Waals surface area contributed by atoms with E-state index in [4.69, 9.17) is 4.74 Å². The van der Waals surface area contributed by atoms with Crippen LogP contribution in [0.4, 0.5) is 0 Å². The summed E-state index contributed by atoms with van der Waals surface area (Å²) in [5.74, 6) is 0. The minimum absolute atomic E-state index is 0.120. The van der Waals surface area contributed by atoms with E-state index in [1.54, 1.807) is 11.3 Å². The summed E-state index contributed by atoms with van der Waals surface area (Å²) in [5.41, 5.74) is 1.12. The second-order valence-corrected chi connectivity index (χ2v) is 4.30. The van der Waals surface area contributed by atoms with Gasteiger partial charge in [-0.2, -0.15) is 0 Å². The minimum Gasteiger partial charge on any atom is -0.372 e. The van der Waals surface area contributed by atoms with Crippen LogP contribution >= 0.6 is 11.3 Å². The molecule has 0 aromatic carbocycles. The molecule has 0 radical (unpaired) electrons. The molecule has 1 N–H and O–H groups in total. The lowest BCUT2D eigenvalue weighted by atomic mass is 10.4. The molecule has 1 heterocycles. The number of hydrogen-bond donors (Lipinski definition) is 1. The average Bonchev–Trinajstić information content (AvgIpc) is 2.49. The molecule has 1 aromatic heterocycles. The molecule has 1 aromatic rings. The van der Waals surface area contributed by atoms with Crippen LogP contribution in [0.15, 0.2) is 0 Å². The number of hydrogen-bond acceptors (Lipinski definition) is 4. The van der Waals surface area contributed by atoms with Gasteiger partial charge in [-0.3, -0.25) is 0 Å². The fraction of sp³-hybridized carbons (Fsp3) is 0.700. The largest absolute Gasteiger partial charge is 0.372 e.